The van der Waals surface area contributed by atoms with Crippen LogP contribution in [0.4, 0.5) is 0 Å². The van der Waals surface area contributed by atoms with Gasteiger partial charge in [-0.15, -0.1) is 0 Å². The Labute approximate surface area is 122 Å². The van der Waals surface area contributed by atoms with Crippen LogP contribution in [0.1, 0.15) is 57.1 Å². The topological polar surface area (TPSA) is 47.1 Å². The number of aryl methyl sites for hydroxylation is 1. The van der Waals surface area contributed by atoms with Crippen molar-refractivity contribution in [2.24, 2.45) is 18.7 Å². The van der Waals surface area contributed by atoms with Gasteiger partial charge in [0.15, 0.2) is 0 Å². The zero-order valence-electron chi connectivity index (χ0n) is 12.8. The van der Waals surface area contributed by atoms with Gasteiger partial charge in [-0.2, -0.15) is 5.10 Å². The van der Waals surface area contributed by atoms with Crippen molar-refractivity contribution in [1.29, 1.82) is 0 Å². The molecule has 4 heteroatoms. The van der Waals surface area contributed by atoms with E-state index in [0.29, 0.717) is 6.04 Å². The normalized spacial score (nSPS) is 30.8. The fourth-order valence-electron chi connectivity index (χ4n) is 4.40. The van der Waals surface area contributed by atoms with Crippen LogP contribution in [0.3, 0.4) is 0 Å². The molecular formula is C16H28N4. The molecule has 0 amide bonds. The summed E-state index contributed by atoms with van der Waals surface area (Å²) in [6, 6.07) is 1.23. The Balaban J connectivity index is 1.86. The molecule has 1 aliphatic carbocycles. The number of piperidine rings is 1. The SMILES string of the molecule is CC(N)C(c1cnn(C)c1)N1CCCC2CCCCC21. The van der Waals surface area contributed by atoms with E-state index in [2.05, 4.69) is 23.1 Å². The van der Waals surface area contributed by atoms with Gasteiger partial charge in [0.25, 0.3) is 0 Å². The molecule has 1 saturated carbocycles. The van der Waals surface area contributed by atoms with E-state index < -0.39 is 0 Å². The third kappa shape index (κ3) is 2.63. The molecule has 1 aromatic rings. The first-order valence-electron chi connectivity index (χ1n) is 8.16. The smallest absolute Gasteiger partial charge is 0.0538 e. The fraction of sp³-hybridized carbons (Fsp3) is 0.812. The number of hydrogen-bond acceptors (Lipinski definition) is 3. The van der Waals surface area contributed by atoms with Crippen LogP contribution < -0.4 is 5.73 Å². The van der Waals surface area contributed by atoms with Gasteiger partial charge in [-0.3, -0.25) is 9.58 Å². The summed E-state index contributed by atoms with van der Waals surface area (Å²) >= 11 is 0. The largest absolute Gasteiger partial charge is 0.326 e. The molecule has 112 valence electrons. The summed E-state index contributed by atoms with van der Waals surface area (Å²) in [5.74, 6) is 0.899. The quantitative estimate of drug-likeness (QED) is 0.922. The molecule has 2 heterocycles. The van der Waals surface area contributed by atoms with Gasteiger partial charge in [0.2, 0.25) is 0 Å². The molecular weight excluding hydrogens is 248 g/mol. The number of rotatable bonds is 3. The number of nitrogens with zero attached hydrogens (tertiary/aromatic N) is 3. The summed E-state index contributed by atoms with van der Waals surface area (Å²) in [6.45, 7) is 3.34. The van der Waals surface area contributed by atoms with Crippen LogP contribution in [0.2, 0.25) is 0 Å². The summed E-state index contributed by atoms with van der Waals surface area (Å²) < 4.78 is 1.90. The number of fused-ring (bicyclic) bond motifs is 1. The summed E-state index contributed by atoms with van der Waals surface area (Å²) in [5.41, 5.74) is 7.64. The molecule has 4 nitrogen and oxygen atoms in total. The van der Waals surface area contributed by atoms with Gasteiger partial charge >= 0.3 is 0 Å². The van der Waals surface area contributed by atoms with Crippen molar-refractivity contribution in [3.8, 4) is 0 Å². The van der Waals surface area contributed by atoms with Gasteiger partial charge in [0.1, 0.15) is 0 Å². The lowest BCUT2D eigenvalue weighted by Gasteiger charge is -2.48. The summed E-state index contributed by atoms with van der Waals surface area (Å²) in [4.78, 5) is 2.70. The monoisotopic (exact) mass is 276 g/mol. The van der Waals surface area contributed by atoms with Crippen molar-refractivity contribution >= 4 is 0 Å². The van der Waals surface area contributed by atoms with Crippen LogP contribution in [0.5, 0.6) is 0 Å². The number of aromatic nitrogens is 2. The average Bonchev–Trinajstić information content (AvgIpc) is 2.85. The average molecular weight is 276 g/mol. The molecule has 1 aromatic heterocycles. The van der Waals surface area contributed by atoms with Crippen LogP contribution in [-0.2, 0) is 7.05 Å². The zero-order valence-corrected chi connectivity index (χ0v) is 12.8. The zero-order chi connectivity index (χ0) is 14.1. The van der Waals surface area contributed by atoms with E-state index >= 15 is 0 Å². The molecule has 0 aromatic carbocycles. The molecule has 1 aliphatic heterocycles. The predicted molar refractivity (Wildman–Crippen MR) is 81.3 cm³/mol. The second kappa shape index (κ2) is 5.86. The minimum Gasteiger partial charge on any atom is -0.326 e. The summed E-state index contributed by atoms with van der Waals surface area (Å²) in [7, 11) is 1.99. The van der Waals surface area contributed by atoms with Gasteiger partial charge in [-0.25, -0.2) is 0 Å². The van der Waals surface area contributed by atoms with Crippen LogP contribution in [0.15, 0.2) is 12.4 Å². The Morgan fingerprint density at radius 1 is 1.25 bits per heavy atom. The Morgan fingerprint density at radius 2 is 2.00 bits per heavy atom. The molecule has 20 heavy (non-hydrogen) atoms. The Bertz CT molecular complexity index is 437. The molecule has 4 unspecified atom stereocenters. The lowest BCUT2D eigenvalue weighted by Crippen LogP contribution is -2.52. The van der Waals surface area contributed by atoms with Crippen LogP contribution in [-0.4, -0.2) is 33.3 Å². The van der Waals surface area contributed by atoms with E-state index in [1.165, 1.54) is 50.6 Å². The van der Waals surface area contributed by atoms with E-state index in [9.17, 15) is 0 Å². The Morgan fingerprint density at radius 3 is 2.70 bits per heavy atom. The van der Waals surface area contributed by atoms with Crippen molar-refractivity contribution in [1.82, 2.24) is 14.7 Å². The second-order valence-corrected chi connectivity index (χ2v) is 6.74. The molecule has 3 rings (SSSR count). The van der Waals surface area contributed by atoms with Crippen LogP contribution >= 0.6 is 0 Å². The van der Waals surface area contributed by atoms with Gasteiger partial charge in [0, 0.05) is 30.9 Å². The first kappa shape index (κ1) is 14.1. The van der Waals surface area contributed by atoms with E-state index in [4.69, 9.17) is 5.73 Å². The van der Waals surface area contributed by atoms with Gasteiger partial charge in [0.05, 0.1) is 12.2 Å². The first-order valence-corrected chi connectivity index (χ1v) is 8.16. The van der Waals surface area contributed by atoms with E-state index in [-0.39, 0.29) is 6.04 Å². The van der Waals surface area contributed by atoms with E-state index in [0.717, 1.165) is 12.0 Å². The van der Waals surface area contributed by atoms with Gasteiger partial charge in [-0.1, -0.05) is 12.8 Å². The standard InChI is InChI=1S/C16H28N4/c1-12(17)16(14-10-18-19(2)11-14)20-9-5-7-13-6-3-4-8-15(13)20/h10-13,15-16H,3-9,17H2,1-2H3. The highest BCUT2D eigenvalue weighted by molar-refractivity contribution is 5.14. The number of hydrogen-bond donors (Lipinski definition) is 1. The second-order valence-electron chi connectivity index (χ2n) is 6.74. The molecule has 4 atom stereocenters. The highest BCUT2D eigenvalue weighted by atomic mass is 15.3. The molecule has 0 radical (unpaired) electrons. The summed E-state index contributed by atoms with van der Waals surface area (Å²) in [5, 5.41) is 4.35. The predicted octanol–water partition coefficient (Wildman–Crippen LogP) is 2.46. The lowest BCUT2D eigenvalue weighted by atomic mass is 9.77. The Hall–Kier alpha value is -0.870. The van der Waals surface area contributed by atoms with Crippen molar-refractivity contribution in [3.05, 3.63) is 18.0 Å². The number of likely N-dealkylation sites (tertiary alicyclic amines) is 1. The van der Waals surface area contributed by atoms with Gasteiger partial charge in [-0.05, 0) is 45.1 Å². The summed E-state index contributed by atoms with van der Waals surface area (Å²) in [6.07, 6.45) is 12.5. The molecule has 2 N–H and O–H groups in total. The highest BCUT2D eigenvalue weighted by Crippen LogP contribution is 2.40. The minimum atomic E-state index is 0.153. The maximum atomic E-state index is 6.35. The first-order chi connectivity index (χ1) is 9.66. The highest BCUT2D eigenvalue weighted by Gasteiger charge is 2.38. The van der Waals surface area contributed by atoms with Crippen LogP contribution in [0, 0.1) is 5.92 Å². The van der Waals surface area contributed by atoms with Crippen LogP contribution in [0.25, 0.3) is 0 Å². The lowest BCUT2D eigenvalue weighted by molar-refractivity contribution is 0.0178. The van der Waals surface area contributed by atoms with E-state index in [1.54, 1.807) is 0 Å². The molecule has 0 bridgehead atoms. The molecule has 1 saturated heterocycles. The maximum absolute atomic E-state index is 6.35. The van der Waals surface area contributed by atoms with Crippen molar-refractivity contribution in [2.75, 3.05) is 6.54 Å². The fourth-order valence-corrected chi connectivity index (χ4v) is 4.40. The molecule has 2 aliphatic rings. The van der Waals surface area contributed by atoms with Crippen molar-refractivity contribution in [2.45, 2.75) is 63.6 Å². The molecule has 2 fully saturated rings. The maximum Gasteiger partial charge on any atom is 0.0538 e. The minimum absolute atomic E-state index is 0.153. The number of nitrogens with two attached hydrogens (primary N) is 1. The molecule has 0 spiro atoms. The van der Waals surface area contributed by atoms with Crippen molar-refractivity contribution in [3.63, 3.8) is 0 Å². The third-order valence-electron chi connectivity index (χ3n) is 5.21. The third-order valence-corrected chi connectivity index (χ3v) is 5.21. The van der Waals surface area contributed by atoms with Gasteiger partial charge < -0.3 is 5.73 Å². The van der Waals surface area contributed by atoms with E-state index in [1.807, 2.05) is 17.9 Å². The Kier molecular flexibility index (Phi) is 4.13. The van der Waals surface area contributed by atoms with Crippen molar-refractivity contribution < 1.29 is 0 Å².